The molecule has 0 amide bonds. The molecule has 0 saturated carbocycles. The van der Waals surface area contributed by atoms with Gasteiger partial charge in [0.25, 0.3) is 0 Å². The average molecular weight is 341 g/mol. The first-order valence-corrected chi connectivity index (χ1v) is 9.19. The van der Waals surface area contributed by atoms with Crippen LogP contribution in [0.4, 0.5) is 0 Å². The highest BCUT2D eigenvalue weighted by Crippen LogP contribution is 2.23. The summed E-state index contributed by atoms with van der Waals surface area (Å²) >= 11 is 0. The first-order chi connectivity index (χ1) is 12.0. The second kappa shape index (κ2) is 7.44. The van der Waals surface area contributed by atoms with Crippen molar-refractivity contribution in [2.75, 3.05) is 26.7 Å². The summed E-state index contributed by atoms with van der Waals surface area (Å²) in [5, 5.41) is 0. The Hall–Kier alpha value is -2.07. The van der Waals surface area contributed by atoms with E-state index in [0.29, 0.717) is 6.54 Å². The minimum Gasteiger partial charge on any atom is -0.497 e. The number of aromatic nitrogens is 1. The van der Waals surface area contributed by atoms with E-state index in [2.05, 4.69) is 18.4 Å². The largest absolute Gasteiger partial charge is 0.497 e. The molecule has 4 heteroatoms. The molecule has 1 N–H and O–H groups in total. The van der Waals surface area contributed by atoms with Gasteiger partial charge in [0.15, 0.2) is 0 Å². The highest BCUT2D eigenvalue weighted by molar-refractivity contribution is 5.98. The topological polar surface area (TPSA) is 35.7 Å². The molecular formula is C21H29N2O2+. The van der Waals surface area contributed by atoms with Crippen LogP contribution in [0.3, 0.4) is 0 Å². The number of quaternary nitrogens is 1. The molecule has 1 saturated heterocycles. The number of ether oxygens (including phenoxy) is 1. The predicted molar refractivity (Wildman–Crippen MR) is 100 cm³/mol. The number of nitrogens with one attached hydrogen (secondary N) is 1. The van der Waals surface area contributed by atoms with E-state index in [-0.39, 0.29) is 5.78 Å². The normalized spacial score (nSPS) is 20.5. The fourth-order valence-corrected chi connectivity index (χ4v) is 3.84. The van der Waals surface area contributed by atoms with Crippen LogP contribution in [-0.4, -0.2) is 37.1 Å². The summed E-state index contributed by atoms with van der Waals surface area (Å²) < 4.78 is 7.39. The number of aryl methyl sites for hydroxylation is 1. The molecule has 2 aromatic rings. The number of nitrogens with zero attached hydrogens (tertiary/aromatic N) is 1. The van der Waals surface area contributed by atoms with Crippen molar-refractivity contribution >= 4 is 5.78 Å². The van der Waals surface area contributed by atoms with Gasteiger partial charge in [-0.05, 0) is 62.9 Å². The van der Waals surface area contributed by atoms with E-state index in [1.807, 2.05) is 37.3 Å². The number of Topliss-reactive ketones (excluding diaryl/α,β-unsaturated/α-hetero) is 1. The molecule has 0 unspecified atom stereocenters. The van der Waals surface area contributed by atoms with Crippen LogP contribution >= 0.6 is 0 Å². The van der Waals surface area contributed by atoms with Crippen LogP contribution < -0.4 is 9.64 Å². The molecule has 0 aliphatic carbocycles. The summed E-state index contributed by atoms with van der Waals surface area (Å²) in [6.07, 6.45) is 2.46. The van der Waals surface area contributed by atoms with Gasteiger partial charge in [0.2, 0.25) is 5.78 Å². The average Bonchev–Trinajstić information content (AvgIpc) is 2.91. The van der Waals surface area contributed by atoms with Crippen LogP contribution in [0, 0.1) is 19.8 Å². The summed E-state index contributed by atoms with van der Waals surface area (Å²) in [7, 11) is 1.67. The van der Waals surface area contributed by atoms with Crippen LogP contribution in [0.2, 0.25) is 0 Å². The maximum atomic E-state index is 12.9. The Morgan fingerprint density at radius 2 is 1.84 bits per heavy atom. The maximum absolute atomic E-state index is 12.9. The van der Waals surface area contributed by atoms with Crippen LogP contribution in [0.25, 0.3) is 5.69 Å². The third-order valence-corrected chi connectivity index (χ3v) is 5.45. The molecule has 1 aliphatic rings. The fraction of sp³-hybridized carbons (Fsp3) is 0.476. The molecule has 25 heavy (non-hydrogen) atoms. The van der Waals surface area contributed by atoms with Gasteiger partial charge in [0.05, 0.1) is 20.2 Å². The molecule has 2 heterocycles. The monoisotopic (exact) mass is 341 g/mol. The number of likely N-dealkylation sites (tertiary alicyclic amines) is 1. The highest BCUT2D eigenvalue weighted by atomic mass is 16.5. The van der Waals surface area contributed by atoms with Crippen molar-refractivity contribution in [3.63, 3.8) is 0 Å². The predicted octanol–water partition coefficient (Wildman–Crippen LogP) is 2.60. The number of carbonyl (C=O) groups excluding carboxylic acids is 1. The molecule has 0 spiro atoms. The molecule has 4 nitrogen and oxygen atoms in total. The molecule has 1 aromatic heterocycles. The number of methoxy groups -OCH3 is 1. The summed E-state index contributed by atoms with van der Waals surface area (Å²) in [5.74, 6) is 1.90. The number of rotatable bonds is 5. The zero-order chi connectivity index (χ0) is 18.0. The number of hydrogen-bond acceptors (Lipinski definition) is 2. The van der Waals surface area contributed by atoms with E-state index in [1.165, 1.54) is 17.7 Å². The van der Waals surface area contributed by atoms with Gasteiger partial charge in [-0.1, -0.05) is 6.92 Å². The number of ketones is 1. The van der Waals surface area contributed by atoms with Crippen molar-refractivity contribution in [3.8, 4) is 11.4 Å². The van der Waals surface area contributed by atoms with Crippen molar-refractivity contribution in [2.45, 2.75) is 33.6 Å². The quantitative estimate of drug-likeness (QED) is 0.849. The minimum atomic E-state index is 0.261. The Morgan fingerprint density at radius 1 is 1.20 bits per heavy atom. The SMILES string of the molecule is COc1ccc(-n2c(C)cc(C(=O)C[NH+]3CCC(C)CC3)c2C)cc1. The Bertz CT molecular complexity index is 738. The number of hydrogen-bond donors (Lipinski definition) is 1. The molecule has 1 aromatic carbocycles. The molecule has 0 bridgehead atoms. The van der Waals surface area contributed by atoms with Gasteiger partial charge < -0.3 is 14.2 Å². The third-order valence-electron chi connectivity index (χ3n) is 5.45. The first-order valence-electron chi connectivity index (χ1n) is 9.19. The summed E-state index contributed by atoms with van der Waals surface area (Å²) in [4.78, 5) is 14.3. The third kappa shape index (κ3) is 3.79. The smallest absolute Gasteiger partial charge is 0.218 e. The van der Waals surface area contributed by atoms with Crippen molar-refractivity contribution in [2.24, 2.45) is 5.92 Å². The van der Waals surface area contributed by atoms with E-state index in [1.54, 1.807) is 7.11 Å². The zero-order valence-electron chi connectivity index (χ0n) is 15.8. The molecule has 0 radical (unpaired) electrons. The molecule has 3 rings (SSSR count). The van der Waals surface area contributed by atoms with Crippen LogP contribution in [-0.2, 0) is 0 Å². The van der Waals surface area contributed by atoms with Crippen molar-refractivity contribution in [1.29, 1.82) is 0 Å². The van der Waals surface area contributed by atoms with Gasteiger partial charge in [0.1, 0.15) is 12.3 Å². The lowest BCUT2D eigenvalue weighted by Crippen LogP contribution is -3.13. The Balaban J connectivity index is 1.79. The molecular weight excluding hydrogens is 312 g/mol. The lowest BCUT2D eigenvalue weighted by Gasteiger charge is -2.26. The maximum Gasteiger partial charge on any atom is 0.218 e. The summed E-state index contributed by atoms with van der Waals surface area (Å²) in [6.45, 7) is 9.25. The van der Waals surface area contributed by atoms with Crippen molar-refractivity contribution in [1.82, 2.24) is 4.57 Å². The summed E-state index contributed by atoms with van der Waals surface area (Å²) in [6, 6.07) is 10.0. The van der Waals surface area contributed by atoms with Crippen LogP contribution in [0.15, 0.2) is 30.3 Å². The van der Waals surface area contributed by atoms with Gasteiger partial charge in [-0.15, -0.1) is 0 Å². The van der Waals surface area contributed by atoms with E-state index in [9.17, 15) is 4.79 Å². The highest BCUT2D eigenvalue weighted by Gasteiger charge is 2.24. The molecule has 1 aliphatic heterocycles. The van der Waals surface area contributed by atoms with Crippen LogP contribution in [0.5, 0.6) is 5.75 Å². The van der Waals surface area contributed by atoms with E-state index in [0.717, 1.165) is 47.4 Å². The standard InChI is InChI=1S/C21H28N2O2/c1-15-9-11-22(12-10-15)14-21(24)20-13-16(2)23(17(20)3)18-5-7-19(25-4)8-6-18/h5-8,13,15H,9-12,14H2,1-4H3/p+1. The zero-order valence-corrected chi connectivity index (χ0v) is 15.8. The molecule has 1 fully saturated rings. The van der Waals surface area contributed by atoms with Gasteiger partial charge in [0, 0.05) is 22.6 Å². The minimum absolute atomic E-state index is 0.261. The van der Waals surface area contributed by atoms with Crippen molar-refractivity contribution in [3.05, 3.63) is 47.3 Å². The van der Waals surface area contributed by atoms with Gasteiger partial charge >= 0.3 is 0 Å². The fourth-order valence-electron chi connectivity index (χ4n) is 3.84. The lowest BCUT2D eigenvalue weighted by molar-refractivity contribution is -0.897. The second-order valence-corrected chi connectivity index (χ2v) is 7.35. The number of carbonyl (C=O) groups is 1. The number of benzene rings is 1. The Morgan fingerprint density at radius 3 is 2.44 bits per heavy atom. The Kier molecular flexibility index (Phi) is 5.28. The second-order valence-electron chi connectivity index (χ2n) is 7.35. The molecule has 0 atom stereocenters. The van der Waals surface area contributed by atoms with Crippen LogP contribution in [0.1, 0.15) is 41.5 Å². The number of piperidine rings is 1. The Labute approximate surface area is 150 Å². The molecule has 134 valence electrons. The lowest BCUT2D eigenvalue weighted by atomic mass is 9.99. The van der Waals surface area contributed by atoms with Gasteiger partial charge in [-0.2, -0.15) is 0 Å². The summed E-state index contributed by atoms with van der Waals surface area (Å²) in [5.41, 5.74) is 4.04. The van der Waals surface area contributed by atoms with Crippen molar-refractivity contribution < 1.29 is 14.4 Å². The van der Waals surface area contributed by atoms with E-state index < -0.39 is 0 Å². The van der Waals surface area contributed by atoms with Gasteiger partial charge in [-0.3, -0.25) is 4.79 Å². The van der Waals surface area contributed by atoms with E-state index >= 15 is 0 Å². The first kappa shape index (κ1) is 17.7. The van der Waals surface area contributed by atoms with Gasteiger partial charge in [-0.25, -0.2) is 0 Å². The van der Waals surface area contributed by atoms with E-state index in [4.69, 9.17) is 4.74 Å².